The molecule has 0 aliphatic rings. The Morgan fingerprint density at radius 2 is 2.00 bits per heavy atom. The first-order chi connectivity index (χ1) is 9.04. The van der Waals surface area contributed by atoms with E-state index in [-0.39, 0.29) is 0 Å². The molecular weight excluding hydrogens is 254 g/mol. The predicted molar refractivity (Wildman–Crippen MR) is 65.2 cm³/mol. The Kier molecular flexibility index (Phi) is 5.15. The van der Waals surface area contributed by atoms with Crippen molar-refractivity contribution in [1.82, 2.24) is 5.43 Å². The third-order valence-electron chi connectivity index (χ3n) is 2.03. The van der Waals surface area contributed by atoms with Crippen molar-refractivity contribution < 1.29 is 19.2 Å². The number of rotatable bonds is 5. The van der Waals surface area contributed by atoms with Crippen molar-refractivity contribution in [3.8, 4) is 0 Å². The summed E-state index contributed by atoms with van der Waals surface area (Å²) in [5, 5.41) is 13.8. The number of carbonyl (C=O) groups excluding carboxylic acids is 2. The van der Waals surface area contributed by atoms with Gasteiger partial charge >= 0.3 is 5.97 Å². The fourth-order valence-corrected chi connectivity index (χ4v) is 1.16. The molecule has 8 nitrogen and oxygen atoms in total. The van der Waals surface area contributed by atoms with Crippen LogP contribution in [-0.2, 0) is 9.53 Å². The van der Waals surface area contributed by atoms with E-state index in [9.17, 15) is 19.7 Å². The average molecular weight is 265 g/mol. The maximum absolute atomic E-state index is 11.6. The highest BCUT2D eigenvalue weighted by Crippen LogP contribution is 1.97. The lowest BCUT2D eigenvalue weighted by Gasteiger charge is -2.02. The fourth-order valence-electron chi connectivity index (χ4n) is 1.16. The lowest BCUT2D eigenvalue weighted by molar-refractivity contribution is -0.462. The maximum atomic E-state index is 11.6. The van der Waals surface area contributed by atoms with Gasteiger partial charge in [-0.15, -0.1) is 0 Å². The van der Waals surface area contributed by atoms with E-state index in [4.69, 9.17) is 0 Å². The van der Waals surface area contributed by atoms with Crippen molar-refractivity contribution in [1.29, 1.82) is 0 Å². The van der Waals surface area contributed by atoms with Crippen LogP contribution < -0.4 is 5.43 Å². The molecule has 0 aliphatic heterocycles. The molecule has 1 aromatic carbocycles. The summed E-state index contributed by atoms with van der Waals surface area (Å²) in [6, 6.07) is 8.10. The largest absolute Gasteiger partial charge is 0.464 e. The predicted octanol–water partition coefficient (Wildman–Crippen LogP) is 0.222. The monoisotopic (exact) mass is 265 g/mol. The van der Waals surface area contributed by atoms with Crippen molar-refractivity contribution in [3.05, 3.63) is 46.0 Å². The van der Waals surface area contributed by atoms with E-state index in [2.05, 4.69) is 15.3 Å². The number of ether oxygens (including phenoxy) is 1. The second-order valence-corrected chi connectivity index (χ2v) is 3.35. The van der Waals surface area contributed by atoms with Gasteiger partial charge in [-0.1, -0.05) is 18.2 Å². The number of esters is 1. The number of hydrogen-bond donors (Lipinski definition) is 1. The number of amides is 1. The highest BCUT2D eigenvalue weighted by Gasteiger charge is 2.19. The molecule has 0 aromatic heterocycles. The second kappa shape index (κ2) is 6.84. The summed E-state index contributed by atoms with van der Waals surface area (Å²) in [6.07, 6.45) is 0. The van der Waals surface area contributed by atoms with Crippen molar-refractivity contribution in [2.75, 3.05) is 13.7 Å². The van der Waals surface area contributed by atoms with Gasteiger partial charge in [0, 0.05) is 10.5 Å². The lowest BCUT2D eigenvalue weighted by atomic mass is 10.2. The minimum atomic E-state index is -0.968. The van der Waals surface area contributed by atoms with Gasteiger partial charge in [-0.05, 0) is 12.1 Å². The van der Waals surface area contributed by atoms with Gasteiger partial charge in [-0.2, -0.15) is 5.10 Å². The Labute approximate surface area is 108 Å². The molecule has 19 heavy (non-hydrogen) atoms. The van der Waals surface area contributed by atoms with Gasteiger partial charge in [0.1, 0.15) is 0 Å². The molecule has 0 saturated carbocycles. The van der Waals surface area contributed by atoms with Crippen LogP contribution in [0.25, 0.3) is 0 Å². The Bertz CT molecular complexity index is 512. The summed E-state index contributed by atoms with van der Waals surface area (Å²) in [5.74, 6) is -1.55. The molecule has 0 spiro atoms. The van der Waals surface area contributed by atoms with Crippen LogP contribution >= 0.6 is 0 Å². The summed E-state index contributed by atoms with van der Waals surface area (Å²) in [7, 11) is 1.07. The molecular formula is C11H11N3O5. The number of hydrogen-bond acceptors (Lipinski definition) is 6. The molecule has 1 rings (SSSR count). The highest BCUT2D eigenvalue weighted by atomic mass is 16.6. The number of benzene rings is 1. The van der Waals surface area contributed by atoms with E-state index < -0.39 is 29.1 Å². The van der Waals surface area contributed by atoms with E-state index in [1.807, 2.05) is 0 Å². The smallest absolute Gasteiger partial charge is 0.361 e. The minimum absolute atomic E-state index is 0.316. The Hall–Kier alpha value is -2.77. The van der Waals surface area contributed by atoms with Crippen LogP contribution in [0.5, 0.6) is 0 Å². The first-order valence-electron chi connectivity index (χ1n) is 5.16. The molecule has 0 aliphatic carbocycles. The molecule has 100 valence electrons. The van der Waals surface area contributed by atoms with Crippen molar-refractivity contribution in [2.45, 2.75) is 0 Å². The highest BCUT2D eigenvalue weighted by molar-refractivity contribution is 6.37. The Morgan fingerprint density at radius 1 is 1.37 bits per heavy atom. The van der Waals surface area contributed by atoms with Crippen LogP contribution in [0.3, 0.4) is 0 Å². The topological polar surface area (TPSA) is 111 Å². The lowest BCUT2D eigenvalue weighted by Crippen LogP contribution is -2.29. The van der Waals surface area contributed by atoms with Gasteiger partial charge in [0.05, 0.1) is 7.11 Å². The Morgan fingerprint density at radius 3 is 2.53 bits per heavy atom. The first-order valence-corrected chi connectivity index (χ1v) is 5.16. The van der Waals surface area contributed by atoms with Crippen molar-refractivity contribution in [3.63, 3.8) is 0 Å². The molecule has 1 aromatic rings. The quantitative estimate of drug-likeness (QED) is 0.354. The molecule has 0 bridgehead atoms. The van der Waals surface area contributed by atoms with Crippen LogP contribution in [0, 0.1) is 10.1 Å². The molecule has 8 heteroatoms. The van der Waals surface area contributed by atoms with E-state index in [1.54, 1.807) is 18.2 Å². The molecule has 1 N–H and O–H groups in total. The number of carbonyl (C=O) groups is 2. The van der Waals surface area contributed by atoms with Gasteiger partial charge in [-0.25, -0.2) is 10.2 Å². The Balaban J connectivity index is 2.78. The number of hydrazone groups is 1. The molecule has 0 fully saturated rings. The van der Waals surface area contributed by atoms with Crippen LogP contribution in [0.2, 0.25) is 0 Å². The SMILES string of the molecule is COC(=O)/C(C[N+](=O)[O-])=N\NC(=O)c1ccccc1. The van der Waals surface area contributed by atoms with Gasteiger partial charge in [-0.3, -0.25) is 14.9 Å². The van der Waals surface area contributed by atoms with Gasteiger partial charge in [0.2, 0.25) is 5.71 Å². The van der Waals surface area contributed by atoms with Crippen LogP contribution in [0.1, 0.15) is 10.4 Å². The van der Waals surface area contributed by atoms with Crippen molar-refractivity contribution in [2.24, 2.45) is 5.10 Å². The summed E-state index contributed by atoms with van der Waals surface area (Å²) >= 11 is 0. The van der Waals surface area contributed by atoms with Crippen LogP contribution in [0.4, 0.5) is 0 Å². The molecule has 1 amide bonds. The molecule has 0 atom stereocenters. The molecule has 0 unspecified atom stereocenters. The van der Waals surface area contributed by atoms with E-state index >= 15 is 0 Å². The van der Waals surface area contributed by atoms with Crippen LogP contribution in [-0.4, -0.2) is 36.2 Å². The van der Waals surface area contributed by atoms with Crippen LogP contribution in [0.15, 0.2) is 35.4 Å². The fraction of sp³-hybridized carbons (Fsp3) is 0.182. The van der Waals surface area contributed by atoms with E-state index in [0.717, 1.165) is 7.11 Å². The van der Waals surface area contributed by atoms with Gasteiger partial charge in [0.25, 0.3) is 12.5 Å². The first kappa shape index (κ1) is 14.3. The molecule has 0 saturated heterocycles. The summed E-state index contributed by atoms with van der Waals surface area (Å²) < 4.78 is 4.33. The minimum Gasteiger partial charge on any atom is -0.464 e. The summed E-state index contributed by atoms with van der Waals surface area (Å²) in [6.45, 7) is -0.832. The molecule has 0 radical (unpaired) electrons. The zero-order chi connectivity index (χ0) is 14.3. The number of nitrogens with zero attached hydrogens (tertiary/aromatic N) is 2. The second-order valence-electron chi connectivity index (χ2n) is 3.35. The van der Waals surface area contributed by atoms with E-state index in [1.165, 1.54) is 12.1 Å². The molecule has 0 heterocycles. The summed E-state index contributed by atoms with van der Waals surface area (Å²) in [4.78, 5) is 32.4. The number of methoxy groups -OCH3 is 1. The third kappa shape index (κ3) is 4.54. The van der Waals surface area contributed by atoms with Crippen molar-refractivity contribution >= 4 is 17.6 Å². The van der Waals surface area contributed by atoms with Gasteiger partial charge < -0.3 is 4.74 Å². The zero-order valence-electron chi connectivity index (χ0n) is 10.0. The standard InChI is InChI=1S/C11H11N3O5/c1-19-11(16)9(7-14(17)18)12-13-10(15)8-5-3-2-4-6-8/h2-6H,7H2,1H3,(H,13,15)/b12-9-. The number of nitrogens with one attached hydrogen (secondary N) is 1. The average Bonchev–Trinajstić information content (AvgIpc) is 2.42. The van der Waals surface area contributed by atoms with Gasteiger partial charge in [0.15, 0.2) is 0 Å². The van der Waals surface area contributed by atoms with E-state index in [0.29, 0.717) is 5.56 Å². The summed E-state index contributed by atoms with van der Waals surface area (Å²) in [5.41, 5.74) is 1.89. The zero-order valence-corrected chi connectivity index (χ0v) is 10.0. The maximum Gasteiger partial charge on any atom is 0.361 e. The number of nitro groups is 1. The third-order valence-corrected chi connectivity index (χ3v) is 2.03. The normalized spacial score (nSPS) is 10.7.